The summed E-state index contributed by atoms with van der Waals surface area (Å²) in [7, 11) is -4.19. The number of hydrogen-bond acceptors (Lipinski definition) is 5. The van der Waals surface area contributed by atoms with Crippen molar-refractivity contribution < 1.29 is 17.6 Å². The molecule has 0 saturated carbocycles. The van der Waals surface area contributed by atoms with Gasteiger partial charge < -0.3 is 9.83 Å². The van der Waals surface area contributed by atoms with Gasteiger partial charge in [0.15, 0.2) is 0 Å². The summed E-state index contributed by atoms with van der Waals surface area (Å²) in [5.41, 5.74) is 1.01. The van der Waals surface area contributed by atoms with E-state index in [0.29, 0.717) is 6.54 Å². The summed E-state index contributed by atoms with van der Waals surface area (Å²) >= 11 is 0. The van der Waals surface area contributed by atoms with Crippen LogP contribution in [0.5, 0.6) is 0 Å². The third-order valence-corrected chi connectivity index (χ3v) is 5.14. The maximum atomic E-state index is 12.1. The standard InChI is InChI=1S/C14H22BNO4S/c1-12-5-7-14(8-6-12)21(18,19)20-11-13-4-3-9-16(10-13)15(2)17/h5-8,13,17H,3-4,9-11H2,1-2H3. The molecule has 21 heavy (non-hydrogen) atoms. The molecule has 1 aliphatic rings. The number of rotatable bonds is 5. The van der Waals surface area contributed by atoms with Crippen LogP contribution in [0.15, 0.2) is 29.2 Å². The van der Waals surface area contributed by atoms with Gasteiger partial charge in [0, 0.05) is 0 Å². The lowest BCUT2D eigenvalue weighted by molar-refractivity contribution is 0.174. The molecule has 0 spiro atoms. The summed E-state index contributed by atoms with van der Waals surface area (Å²) < 4.78 is 29.4. The van der Waals surface area contributed by atoms with Crippen LogP contribution in [-0.4, -0.2) is 45.0 Å². The Morgan fingerprint density at radius 1 is 1.38 bits per heavy atom. The minimum absolute atomic E-state index is 0.133. The van der Waals surface area contributed by atoms with Crippen molar-refractivity contribution in [2.24, 2.45) is 5.92 Å². The zero-order valence-corrected chi connectivity index (χ0v) is 13.3. The molecule has 1 heterocycles. The van der Waals surface area contributed by atoms with Crippen molar-refractivity contribution in [3.8, 4) is 0 Å². The highest BCUT2D eigenvalue weighted by Crippen LogP contribution is 2.20. The topological polar surface area (TPSA) is 66.8 Å². The molecule has 0 bridgehead atoms. The zero-order valence-electron chi connectivity index (χ0n) is 12.5. The molecule has 2 rings (SSSR count). The minimum Gasteiger partial charge on any atom is -0.437 e. The Bertz CT molecular complexity index is 559. The predicted octanol–water partition coefficient (Wildman–Crippen LogP) is 1.52. The van der Waals surface area contributed by atoms with Crippen molar-refractivity contribution in [1.82, 2.24) is 4.81 Å². The van der Waals surface area contributed by atoms with E-state index in [4.69, 9.17) is 4.18 Å². The zero-order chi connectivity index (χ0) is 15.5. The molecule has 1 aromatic rings. The lowest BCUT2D eigenvalue weighted by atomic mass is 9.81. The molecule has 1 saturated heterocycles. The van der Waals surface area contributed by atoms with Crippen LogP contribution in [0.1, 0.15) is 18.4 Å². The summed E-state index contributed by atoms with van der Waals surface area (Å²) in [5.74, 6) is 0.133. The molecular formula is C14H22BNO4S. The van der Waals surface area contributed by atoms with E-state index in [0.717, 1.165) is 24.9 Å². The Morgan fingerprint density at radius 2 is 2.05 bits per heavy atom. The first kappa shape index (κ1) is 16.5. The maximum Gasteiger partial charge on any atom is 0.376 e. The highest BCUT2D eigenvalue weighted by Gasteiger charge is 2.26. The van der Waals surface area contributed by atoms with Gasteiger partial charge in [-0.05, 0) is 57.7 Å². The average molecular weight is 311 g/mol. The van der Waals surface area contributed by atoms with Crippen LogP contribution in [0, 0.1) is 12.8 Å². The van der Waals surface area contributed by atoms with Gasteiger partial charge in [0.25, 0.3) is 10.1 Å². The van der Waals surface area contributed by atoms with Crippen molar-refractivity contribution >= 4 is 17.2 Å². The highest BCUT2D eigenvalue weighted by molar-refractivity contribution is 7.86. The van der Waals surface area contributed by atoms with E-state index in [1.54, 1.807) is 31.1 Å². The van der Waals surface area contributed by atoms with E-state index in [-0.39, 0.29) is 17.4 Å². The first-order valence-corrected chi connectivity index (χ1v) is 8.67. The van der Waals surface area contributed by atoms with Crippen molar-refractivity contribution in [3.63, 3.8) is 0 Å². The van der Waals surface area contributed by atoms with E-state index in [1.165, 1.54) is 0 Å². The van der Waals surface area contributed by atoms with Gasteiger partial charge in [0.05, 0.1) is 11.5 Å². The van der Waals surface area contributed by atoms with Crippen LogP contribution in [-0.2, 0) is 14.3 Å². The Morgan fingerprint density at radius 3 is 2.67 bits per heavy atom. The van der Waals surface area contributed by atoms with E-state index < -0.39 is 17.2 Å². The van der Waals surface area contributed by atoms with Crippen molar-refractivity contribution in [3.05, 3.63) is 29.8 Å². The average Bonchev–Trinajstić information content (AvgIpc) is 2.46. The fourth-order valence-corrected chi connectivity index (χ4v) is 3.51. The highest BCUT2D eigenvalue weighted by atomic mass is 32.2. The SMILES string of the molecule is CB(O)N1CCCC(COS(=O)(=O)c2ccc(C)cc2)C1. The largest absolute Gasteiger partial charge is 0.437 e. The smallest absolute Gasteiger partial charge is 0.376 e. The lowest BCUT2D eigenvalue weighted by Crippen LogP contribution is -2.45. The number of piperidine rings is 1. The first-order chi connectivity index (χ1) is 9.88. The second-order valence-electron chi connectivity index (χ2n) is 5.69. The molecule has 116 valence electrons. The van der Waals surface area contributed by atoms with Gasteiger partial charge in [-0.15, -0.1) is 0 Å². The van der Waals surface area contributed by atoms with Gasteiger partial charge in [0.2, 0.25) is 0 Å². The van der Waals surface area contributed by atoms with Gasteiger partial charge in [0.1, 0.15) is 0 Å². The Kier molecular flexibility index (Phi) is 5.43. The van der Waals surface area contributed by atoms with E-state index in [9.17, 15) is 13.4 Å². The molecule has 1 fully saturated rings. The number of aryl methyl sites for hydroxylation is 1. The van der Waals surface area contributed by atoms with E-state index in [2.05, 4.69) is 0 Å². The number of nitrogens with zero attached hydrogens (tertiary/aromatic N) is 1. The molecule has 1 aliphatic heterocycles. The van der Waals surface area contributed by atoms with Crippen molar-refractivity contribution in [2.75, 3.05) is 19.7 Å². The number of benzene rings is 1. The third kappa shape index (κ3) is 4.54. The first-order valence-electron chi connectivity index (χ1n) is 7.27. The molecule has 1 atom stereocenters. The Hall–Kier alpha value is -0.885. The maximum absolute atomic E-state index is 12.1. The Labute approximate surface area is 127 Å². The van der Waals surface area contributed by atoms with Crippen molar-refractivity contribution in [1.29, 1.82) is 0 Å². The van der Waals surface area contributed by atoms with Gasteiger partial charge in [-0.2, -0.15) is 8.42 Å². The van der Waals surface area contributed by atoms with Crippen LogP contribution < -0.4 is 0 Å². The molecule has 7 heteroatoms. The molecule has 1 N–H and O–H groups in total. The quantitative estimate of drug-likeness (QED) is 0.660. The van der Waals surface area contributed by atoms with Gasteiger partial charge in [-0.25, -0.2) is 0 Å². The van der Waals surface area contributed by atoms with Crippen molar-refractivity contribution in [2.45, 2.75) is 31.5 Å². The molecule has 0 amide bonds. The summed E-state index contributed by atoms with van der Waals surface area (Å²) in [6.45, 7) is 5.32. The van der Waals surface area contributed by atoms with Crippen LogP contribution in [0.4, 0.5) is 0 Å². The molecule has 1 unspecified atom stereocenters. The summed E-state index contributed by atoms with van der Waals surface area (Å²) in [6, 6.07) is 6.64. The molecule has 1 aromatic carbocycles. The number of hydrogen-bond donors (Lipinski definition) is 1. The molecule has 0 aromatic heterocycles. The van der Waals surface area contributed by atoms with Gasteiger partial charge in [-0.1, -0.05) is 17.7 Å². The fourth-order valence-electron chi connectivity index (χ4n) is 2.53. The van der Waals surface area contributed by atoms with E-state index >= 15 is 0 Å². The fraction of sp³-hybridized carbons (Fsp3) is 0.571. The van der Waals surface area contributed by atoms with Crippen LogP contribution in [0.2, 0.25) is 6.82 Å². The normalized spacial score (nSPS) is 20.4. The molecular weight excluding hydrogens is 289 g/mol. The predicted molar refractivity (Wildman–Crippen MR) is 82.5 cm³/mol. The second-order valence-corrected chi connectivity index (χ2v) is 7.30. The minimum atomic E-state index is -3.70. The van der Waals surface area contributed by atoms with Gasteiger partial charge >= 0.3 is 7.05 Å². The second kappa shape index (κ2) is 6.92. The summed E-state index contributed by atoms with van der Waals surface area (Å²) in [5, 5.41) is 9.59. The van der Waals surface area contributed by atoms with E-state index in [1.807, 2.05) is 11.7 Å². The summed E-state index contributed by atoms with van der Waals surface area (Å²) in [4.78, 5) is 2.13. The van der Waals surface area contributed by atoms with Crippen LogP contribution >= 0.6 is 0 Å². The van der Waals surface area contributed by atoms with Crippen LogP contribution in [0.3, 0.4) is 0 Å². The van der Waals surface area contributed by atoms with Crippen LogP contribution in [0.25, 0.3) is 0 Å². The van der Waals surface area contributed by atoms with Gasteiger partial charge in [-0.3, -0.25) is 4.18 Å². The Balaban J connectivity index is 1.94. The summed E-state index contributed by atoms with van der Waals surface area (Å²) in [6.07, 6.45) is 1.87. The molecule has 5 nitrogen and oxygen atoms in total. The monoisotopic (exact) mass is 311 g/mol. The lowest BCUT2D eigenvalue weighted by Gasteiger charge is -2.33. The molecule has 0 radical (unpaired) electrons. The molecule has 0 aliphatic carbocycles. The third-order valence-electron chi connectivity index (χ3n) is 3.85.